The van der Waals surface area contributed by atoms with Crippen LogP contribution in [0, 0.1) is 0 Å². The summed E-state index contributed by atoms with van der Waals surface area (Å²) in [6, 6.07) is 11.0. The van der Waals surface area contributed by atoms with E-state index in [1.165, 1.54) is 22.3 Å². The molecule has 0 saturated heterocycles. The second-order valence-corrected chi connectivity index (χ2v) is 8.87. The molecule has 0 aromatic heterocycles. The van der Waals surface area contributed by atoms with Crippen LogP contribution in [-0.4, -0.2) is 36.5 Å². The minimum atomic E-state index is -0.325. The van der Waals surface area contributed by atoms with E-state index in [0.29, 0.717) is 6.54 Å². The fourth-order valence-electron chi connectivity index (χ4n) is 4.60. The van der Waals surface area contributed by atoms with Crippen molar-refractivity contribution >= 4 is 5.78 Å². The monoisotopic (exact) mass is 379 g/mol. The Morgan fingerprint density at radius 1 is 1.18 bits per heavy atom. The number of fused-ring (bicyclic) bond motifs is 2. The lowest BCUT2D eigenvalue weighted by Gasteiger charge is -2.42. The van der Waals surface area contributed by atoms with Gasteiger partial charge in [0, 0.05) is 18.2 Å². The maximum Gasteiger partial charge on any atom is 0.170 e. The van der Waals surface area contributed by atoms with Gasteiger partial charge in [0.05, 0.1) is 13.7 Å². The van der Waals surface area contributed by atoms with E-state index in [0.717, 1.165) is 36.4 Å². The van der Waals surface area contributed by atoms with Crippen molar-refractivity contribution in [3.05, 3.63) is 47.0 Å². The number of Topliss-reactive ketones (excluding diaryl/α,β-unsaturated/α-hetero) is 1. The van der Waals surface area contributed by atoms with Gasteiger partial charge in [-0.05, 0) is 68.9 Å². The summed E-state index contributed by atoms with van der Waals surface area (Å²) in [5.74, 6) is 1.81. The number of nitrogens with zero attached hydrogens (tertiary/aromatic N) is 1. The Hall–Kier alpha value is -2.33. The Morgan fingerprint density at radius 2 is 1.96 bits per heavy atom. The lowest BCUT2D eigenvalue weighted by molar-refractivity contribution is -0.118. The number of methoxy groups -OCH3 is 1. The van der Waals surface area contributed by atoms with Crippen molar-refractivity contribution in [3.63, 3.8) is 0 Å². The smallest absolute Gasteiger partial charge is 0.170 e. The number of hydrogen-bond donors (Lipinski definition) is 0. The van der Waals surface area contributed by atoms with Crippen molar-refractivity contribution in [3.8, 4) is 22.6 Å². The molecule has 0 amide bonds. The van der Waals surface area contributed by atoms with Gasteiger partial charge in [-0.1, -0.05) is 24.3 Å². The molecule has 2 aliphatic rings. The zero-order chi connectivity index (χ0) is 20.1. The van der Waals surface area contributed by atoms with E-state index in [2.05, 4.69) is 49.9 Å². The maximum absolute atomic E-state index is 11.9. The standard InChI is InChI=1S/C24H29NO3/c1-15(26)14-25-12-11-16-7-6-8-18-21(16)19(25)13-17-9-10-20(27-5)23(22(17)18)28-24(2,3)4/h6-10,19H,11-14H2,1-5H3/t19-/m1/s1. The first-order valence-electron chi connectivity index (χ1n) is 10.0. The van der Waals surface area contributed by atoms with E-state index < -0.39 is 0 Å². The molecule has 0 bridgehead atoms. The number of ether oxygens (including phenoxy) is 2. The fraction of sp³-hybridized carbons (Fsp3) is 0.458. The zero-order valence-corrected chi connectivity index (χ0v) is 17.5. The Morgan fingerprint density at radius 3 is 2.64 bits per heavy atom. The summed E-state index contributed by atoms with van der Waals surface area (Å²) in [4.78, 5) is 14.2. The SMILES string of the molecule is COc1ccc2c(c1OC(C)(C)C)-c1cccc3c1[C@@H](C2)N(CC(C)=O)CC3. The molecule has 0 radical (unpaired) electrons. The molecule has 2 aromatic rings. The van der Waals surface area contributed by atoms with Gasteiger partial charge in [0.2, 0.25) is 0 Å². The molecule has 0 fully saturated rings. The first kappa shape index (κ1) is 19.0. The summed E-state index contributed by atoms with van der Waals surface area (Å²) in [5, 5.41) is 0. The third kappa shape index (κ3) is 3.30. The molecule has 1 aliphatic carbocycles. The van der Waals surface area contributed by atoms with Crippen LogP contribution in [0.5, 0.6) is 11.5 Å². The Balaban J connectivity index is 1.91. The lowest BCUT2D eigenvalue weighted by Crippen LogP contribution is -2.41. The molecule has 0 spiro atoms. The van der Waals surface area contributed by atoms with Crippen molar-refractivity contribution < 1.29 is 14.3 Å². The molecule has 1 atom stereocenters. The van der Waals surface area contributed by atoms with Gasteiger partial charge in [-0.15, -0.1) is 0 Å². The highest BCUT2D eigenvalue weighted by Gasteiger charge is 2.37. The fourth-order valence-corrected chi connectivity index (χ4v) is 4.60. The van der Waals surface area contributed by atoms with Crippen LogP contribution in [0.1, 0.15) is 50.4 Å². The van der Waals surface area contributed by atoms with E-state index in [-0.39, 0.29) is 17.4 Å². The first-order chi connectivity index (χ1) is 13.3. The Labute approximate surface area is 167 Å². The van der Waals surface area contributed by atoms with Gasteiger partial charge in [0.15, 0.2) is 11.5 Å². The van der Waals surface area contributed by atoms with E-state index in [1.807, 2.05) is 6.07 Å². The van der Waals surface area contributed by atoms with Crippen LogP contribution in [0.3, 0.4) is 0 Å². The average molecular weight is 380 g/mol. The van der Waals surface area contributed by atoms with Crippen LogP contribution < -0.4 is 9.47 Å². The topological polar surface area (TPSA) is 38.8 Å². The van der Waals surface area contributed by atoms with E-state index in [1.54, 1.807) is 14.0 Å². The van der Waals surface area contributed by atoms with Crippen molar-refractivity contribution in [2.45, 2.75) is 52.2 Å². The molecule has 2 aromatic carbocycles. The van der Waals surface area contributed by atoms with Crippen molar-refractivity contribution in [2.75, 3.05) is 20.2 Å². The van der Waals surface area contributed by atoms with Gasteiger partial charge in [0.1, 0.15) is 11.4 Å². The summed E-state index contributed by atoms with van der Waals surface area (Å²) >= 11 is 0. The second-order valence-electron chi connectivity index (χ2n) is 8.87. The van der Waals surface area contributed by atoms with Gasteiger partial charge in [-0.25, -0.2) is 0 Å². The minimum Gasteiger partial charge on any atom is -0.493 e. The maximum atomic E-state index is 11.9. The number of ketones is 1. The van der Waals surface area contributed by atoms with Crippen molar-refractivity contribution in [1.82, 2.24) is 4.90 Å². The molecule has 1 aliphatic heterocycles. The van der Waals surface area contributed by atoms with Gasteiger partial charge >= 0.3 is 0 Å². The molecule has 0 saturated carbocycles. The highest BCUT2D eigenvalue weighted by molar-refractivity contribution is 5.83. The zero-order valence-electron chi connectivity index (χ0n) is 17.5. The van der Waals surface area contributed by atoms with Gasteiger partial charge in [0.25, 0.3) is 0 Å². The third-order valence-corrected chi connectivity index (χ3v) is 5.58. The normalized spacial score (nSPS) is 18.2. The van der Waals surface area contributed by atoms with Crippen LogP contribution in [0.2, 0.25) is 0 Å². The third-order valence-electron chi connectivity index (χ3n) is 5.58. The van der Waals surface area contributed by atoms with Crippen LogP contribution >= 0.6 is 0 Å². The molecule has 0 unspecified atom stereocenters. The molecule has 4 heteroatoms. The minimum absolute atomic E-state index is 0.221. The molecular weight excluding hydrogens is 350 g/mol. The molecule has 1 heterocycles. The van der Waals surface area contributed by atoms with Crippen LogP contribution in [0.15, 0.2) is 30.3 Å². The number of benzene rings is 2. The largest absolute Gasteiger partial charge is 0.493 e. The average Bonchev–Trinajstić information content (AvgIpc) is 2.62. The van der Waals surface area contributed by atoms with E-state index in [4.69, 9.17) is 9.47 Å². The van der Waals surface area contributed by atoms with Crippen LogP contribution in [0.25, 0.3) is 11.1 Å². The Kier molecular flexibility index (Phi) is 4.70. The van der Waals surface area contributed by atoms with Crippen LogP contribution in [0.4, 0.5) is 0 Å². The predicted molar refractivity (Wildman–Crippen MR) is 111 cm³/mol. The molecule has 0 N–H and O–H groups in total. The van der Waals surface area contributed by atoms with E-state index >= 15 is 0 Å². The van der Waals surface area contributed by atoms with Crippen molar-refractivity contribution in [1.29, 1.82) is 0 Å². The molecule has 28 heavy (non-hydrogen) atoms. The molecule has 4 nitrogen and oxygen atoms in total. The number of carbonyl (C=O) groups is 1. The summed E-state index contributed by atoms with van der Waals surface area (Å²) in [5.41, 5.74) is 6.04. The van der Waals surface area contributed by atoms with Crippen LogP contribution in [-0.2, 0) is 17.6 Å². The molecule has 4 rings (SSSR count). The number of carbonyl (C=O) groups excluding carboxylic acids is 1. The second kappa shape index (κ2) is 6.93. The summed E-state index contributed by atoms with van der Waals surface area (Å²) in [7, 11) is 1.69. The summed E-state index contributed by atoms with van der Waals surface area (Å²) < 4.78 is 12.1. The van der Waals surface area contributed by atoms with Crippen molar-refractivity contribution in [2.24, 2.45) is 0 Å². The summed E-state index contributed by atoms with van der Waals surface area (Å²) in [6.45, 7) is 9.30. The van der Waals surface area contributed by atoms with Gasteiger partial charge < -0.3 is 9.47 Å². The highest BCUT2D eigenvalue weighted by atomic mass is 16.5. The number of hydrogen-bond acceptors (Lipinski definition) is 4. The molecular formula is C24H29NO3. The van der Waals surface area contributed by atoms with Gasteiger partial charge in [-0.3, -0.25) is 9.69 Å². The molecule has 148 valence electrons. The van der Waals surface area contributed by atoms with Gasteiger partial charge in [-0.2, -0.15) is 0 Å². The highest BCUT2D eigenvalue weighted by Crippen LogP contribution is 2.51. The lowest BCUT2D eigenvalue weighted by atomic mass is 9.76. The van der Waals surface area contributed by atoms with E-state index in [9.17, 15) is 4.79 Å². The first-order valence-corrected chi connectivity index (χ1v) is 10.0. The number of rotatable bonds is 4. The Bertz CT molecular complexity index is 926. The summed E-state index contributed by atoms with van der Waals surface area (Å²) in [6.07, 6.45) is 1.86. The predicted octanol–water partition coefficient (Wildman–Crippen LogP) is 4.58. The quantitative estimate of drug-likeness (QED) is 0.779.